The second kappa shape index (κ2) is 5.37. The summed E-state index contributed by atoms with van der Waals surface area (Å²) in [6, 6.07) is 6.21. The summed E-state index contributed by atoms with van der Waals surface area (Å²) < 4.78 is 0. The number of thiocarbonyl (C=S) groups is 1. The first kappa shape index (κ1) is 12.3. The largest absolute Gasteiger partial charge is 0.383 e. The third-order valence-electron chi connectivity index (χ3n) is 1.89. The normalized spacial score (nSPS) is 10.4. The second-order valence-corrected chi connectivity index (χ2v) is 3.89. The van der Waals surface area contributed by atoms with Gasteiger partial charge in [-0.1, -0.05) is 12.2 Å². The van der Waals surface area contributed by atoms with E-state index in [2.05, 4.69) is 0 Å². The molecule has 4 nitrogen and oxygen atoms in total. The van der Waals surface area contributed by atoms with Gasteiger partial charge in [-0.3, -0.25) is 10.1 Å². The van der Waals surface area contributed by atoms with Crippen molar-refractivity contribution in [1.29, 1.82) is 0 Å². The second-order valence-electron chi connectivity index (χ2n) is 3.45. The van der Waals surface area contributed by atoms with Gasteiger partial charge in [-0.05, 0) is 30.0 Å². The van der Waals surface area contributed by atoms with Gasteiger partial charge in [0.25, 0.3) is 5.69 Å². The third-order valence-corrected chi connectivity index (χ3v) is 2.26. The number of hydrogen-bond acceptors (Lipinski definition) is 4. The fourth-order valence-corrected chi connectivity index (χ4v) is 1.26. The van der Waals surface area contributed by atoms with Gasteiger partial charge in [-0.15, -0.1) is 0 Å². The van der Waals surface area contributed by atoms with Crippen LogP contribution in [0.2, 0.25) is 0 Å². The molecule has 0 fully saturated rings. The Balaban J connectivity index is 2.82. The molecule has 5 heteroatoms. The molecule has 0 radical (unpaired) electrons. The molecule has 0 N–H and O–H groups in total. The summed E-state index contributed by atoms with van der Waals surface area (Å²) >= 11 is 5.16. The molecule has 1 aromatic carbocycles. The molecular weight excluding hydrogens is 224 g/mol. The standard InChI is InChI=1S/C11H12N2O2S/c1-12(2)8-7-11(16)9-3-5-10(6-4-9)13(14)15/h3-8H,1-2H3/b8-7+. The van der Waals surface area contributed by atoms with Crippen LogP contribution in [0, 0.1) is 10.1 Å². The maximum atomic E-state index is 10.4. The quantitative estimate of drug-likeness (QED) is 0.265. The number of non-ortho nitro benzene ring substituents is 1. The molecule has 16 heavy (non-hydrogen) atoms. The van der Waals surface area contributed by atoms with Gasteiger partial charge < -0.3 is 4.90 Å². The lowest BCUT2D eigenvalue weighted by atomic mass is 10.1. The highest BCUT2D eigenvalue weighted by atomic mass is 32.1. The van der Waals surface area contributed by atoms with E-state index in [9.17, 15) is 10.1 Å². The summed E-state index contributed by atoms with van der Waals surface area (Å²) in [6.07, 6.45) is 3.63. The SMILES string of the molecule is CN(C)/C=C/C(=S)c1ccc([N+](=O)[O-])cc1. The Labute approximate surface area is 99.3 Å². The van der Waals surface area contributed by atoms with Gasteiger partial charge in [0, 0.05) is 31.1 Å². The van der Waals surface area contributed by atoms with Crippen molar-refractivity contribution in [2.45, 2.75) is 0 Å². The molecule has 0 amide bonds. The topological polar surface area (TPSA) is 46.4 Å². The Morgan fingerprint density at radius 2 is 1.94 bits per heavy atom. The zero-order chi connectivity index (χ0) is 12.1. The molecule has 0 aliphatic carbocycles. The molecule has 0 bridgehead atoms. The minimum Gasteiger partial charge on any atom is -0.383 e. The lowest BCUT2D eigenvalue weighted by Crippen LogP contribution is -2.02. The van der Waals surface area contributed by atoms with Crippen LogP contribution >= 0.6 is 12.2 Å². The summed E-state index contributed by atoms with van der Waals surface area (Å²) in [6.45, 7) is 0. The number of nitro groups is 1. The molecule has 0 spiro atoms. The minimum absolute atomic E-state index is 0.0724. The molecular formula is C11H12N2O2S. The first-order chi connectivity index (χ1) is 7.50. The van der Waals surface area contributed by atoms with Crippen LogP contribution in [0.15, 0.2) is 36.5 Å². The molecule has 0 aliphatic rings. The van der Waals surface area contributed by atoms with Gasteiger partial charge in [-0.25, -0.2) is 0 Å². The van der Waals surface area contributed by atoms with E-state index in [-0.39, 0.29) is 5.69 Å². The number of rotatable bonds is 4. The van der Waals surface area contributed by atoms with E-state index in [1.807, 2.05) is 25.2 Å². The van der Waals surface area contributed by atoms with Crippen molar-refractivity contribution in [3.8, 4) is 0 Å². The predicted molar refractivity (Wildman–Crippen MR) is 67.6 cm³/mol. The highest BCUT2D eigenvalue weighted by Crippen LogP contribution is 2.13. The molecule has 84 valence electrons. The number of nitrogens with zero attached hydrogens (tertiary/aromatic N) is 2. The van der Waals surface area contributed by atoms with Crippen LogP contribution in [0.5, 0.6) is 0 Å². The molecule has 0 saturated carbocycles. The molecule has 0 aromatic heterocycles. The predicted octanol–water partition coefficient (Wildman–Crippen LogP) is 2.39. The van der Waals surface area contributed by atoms with Crippen molar-refractivity contribution >= 4 is 22.8 Å². The van der Waals surface area contributed by atoms with Crippen molar-refractivity contribution in [2.24, 2.45) is 0 Å². The molecule has 1 rings (SSSR count). The summed E-state index contributed by atoms with van der Waals surface area (Å²) in [4.78, 5) is 12.5. The third kappa shape index (κ3) is 3.43. The lowest BCUT2D eigenvalue weighted by Gasteiger charge is -2.04. The summed E-state index contributed by atoms with van der Waals surface area (Å²) in [5, 5.41) is 10.4. The molecule has 0 aliphatic heterocycles. The van der Waals surface area contributed by atoms with Crippen molar-refractivity contribution in [3.63, 3.8) is 0 Å². The zero-order valence-corrected chi connectivity index (χ0v) is 9.90. The van der Waals surface area contributed by atoms with Crippen molar-refractivity contribution in [2.75, 3.05) is 14.1 Å². The Hall–Kier alpha value is -1.75. The first-order valence-electron chi connectivity index (χ1n) is 4.64. The van der Waals surface area contributed by atoms with E-state index in [0.29, 0.717) is 4.86 Å². The van der Waals surface area contributed by atoms with Crippen LogP contribution in [0.4, 0.5) is 5.69 Å². The summed E-state index contributed by atoms with van der Waals surface area (Å²) in [7, 11) is 3.80. The van der Waals surface area contributed by atoms with Gasteiger partial charge >= 0.3 is 0 Å². The van der Waals surface area contributed by atoms with E-state index in [1.54, 1.807) is 18.2 Å². The monoisotopic (exact) mass is 236 g/mol. The van der Waals surface area contributed by atoms with E-state index in [4.69, 9.17) is 12.2 Å². The minimum atomic E-state index is -0.428. The fourth-order valence-electron chi connectivity index (χ4n) is 1.06. The van der Waals surface area contributed by atoms with Crippen LogP contribution in [0.3, 0.4) is 0 Å². The maximum absolute atomic E-state index is 10.4. The lowest BCUT2D eigenvalue weighted by molar-refractivity contribution is -0.384. The molecule has 0 unspecified atom stereocenters. The number of allylic oxidation sites excluding steroid dienone is 1. The Kier molecular flexibility index (Phi) is 4.13. The van der Waals surface area contributed by atoms with Gasteiger partial charge in [0.1, 0.15) is 0 Å². The van der Waals surface area contributed by atoms with Crippen LogP contribution in [-0.4, -0.2) is 28.8 Å². The van der Waals surface area contributed by atoms with E-state index in [1.165, 1.54) is 12.1 Å². The van der Waals surface area contributed by atoms with Gasteiger partial charge in [0.2, 0.25) is 0 Å². The van der Waals surface area contributed by atoms with Gasteiger partial charge in [-0.2, -0.15) is 0 Å². The molecule has 0 heterocycles. The maximum Gasteiger partial charge on any atom is 0.269 e. The highest BCUT2D eigenvalue weighted by Gasteiger charge is 2.04. The van der Waals surface area contributed by atoms with Crippen LogP contribution in [-0.2, 0) is 0 Å². The van der Waals surface area contributed by atoms with E-state index < -0.39 is 4.92 Å². The number of hydrogen-bond donors (Lipinski definition) is 0. The van der Waals surface area contributed by atoms with E-state index in [0.717, 1.165) is 5.56 Å². The molecule has 1 aromatic rings. The molecule has 0 saturated heterocycles. The van der Waals surface area contributed by atoms with Crippen molar-refractivity contribution < 1.29 is 4.92 Å². The highest BCUT2D eigenvalue weighted by molar-refractivity contribution is 7.81. The Morgan fingerprint density at radius 3 is 2.38 bits per heavy atom. The fraction of sp³-hybridized carbons (Fsp3) is 0.182. The molecule has 0 atom stereocenters. The van der Waals surface area contributed by atoms with Crippen LogP contribution in [0.1, 0.15) is 5.56 Å². The Bertz CT molecular complexity index is 424. The van der Waals surface area contributed by atoms with Crippen molar-refractivity contribution in [3.05, 3.63) is 52.2 Å². The van der Waals surface area contributed by atoms with E-state index >= 15 is 0 Å². The summed E-state index contributed by atoms with van der Waals surface area (Å²) in [5.74, 6) is 0. The average molecular weight is 236 g/mol. The summed E-state index contributed by atoms with van der Waals surface area (Å²) in [5.41, 5.74) is 0.877. The number of nitro benzene ring substituents is 1. The van der Waals surface area contributed by atoms with Crippen molar-refractivity contribution in [1.82, 2.24) is 4.90 Å². The van der Waals surface area contributed by atoms with Gasteiger partial charge in [0.15, 0.2) is 0 Å². The zero-order valence-electron chi connectivity index (χ0n) is 9.08. The smallest absolute Gasteiger partial charge is 0.269 e. The van der Waals surface area contributed by atoms with Crippen LogP contribution < -0.4 is 0 Å². The number of benzene rings is 1. The average Bonchev–Trinajstić information content (AvgIpc) is 2.26. The van der Waals surface area contributed by atoms with Crippen LogP contribution in [0.25, 0.3) is 0 Å². The van der Waals surface area contributed by atoms with Gasteiger partial charge in [0.05, 0.1) is 4.92 Å². The Morgan fingerprint density at radius 1 is 1.38 bits per heavy atom. The first-order valence-corrected chi connectivity index (χ1v) is 5.05.